The van der Waals surface area contributed by atoms with E-state index in [-0.39, 0.29) is 0 Å². The van der Waals surface area contributed by atoms with Gasteiger partial charge < -0.3 is 4.57 Å². The second-order valence-electron chi connectivity index (χ2n) is 14.0. The van der Waals surface area contributed by atoms with E-state index < -0.39 is 0 Å². The van der Waals surface area contributed by atoms with Gasteiger partial charge in [-0.05, 0) is 46.5 Å². The minimum absolute atomic E-state index is 0.620. The van der Waals surface area contributed by atoms with Gasteiger partial charge in [0.2, 0.25) is 0 Å². The lowest BCUT2D eigenvalue weighted by molar-refractivity contribution is 1.06. The molecule has 262 valence electrons. The third kappa shape index (κ3) is 5.40. The van der Waals surface area contributed by atoms with Crippen LogP contribution >= 0.6 is 11.3 Å². The Balaban J connectivity index is 1.13. The van der Waals surface area contributed by atoms with E-state index >= 15 is 0 Å². The molecule has 0 saturated carbocycles. The molecule has 11 aromatic rings. The normalized spacial score (nSPS) is 11.6. The first-order valence-corrected chi connectivity index (χ1v) is 19.6. The van der Waals surface area contributed by atoms with Crippen LogP contribution in [-0.4, -0.2) is 19.5 Å². The van der Waals surface area contributed by atoms with E-state index in [0.717, 1.165) is 39.0 Å². The fourth-order valence-electron chi connectivity index (χ4n) is 7.98. The molecule has 8 aromatic carbocycles. The van der Waals surface area contributed by atoms with Gasteiger partial charge in [-0.25, -0.2) is 15.0 Å². The van der Waals surface area contributed by atoms with E-state index in [4.69, 9.17) is 15.0 Å². The summed E-state index contributed by atoms with van der Waals surface area (Å²) in [4.78, 5) is 15.7. The number of nitrogens with zero attached hydrogens (tertiary/aromatic N) is 4. The molecule has 0 aliphatic rings. The molecule has 5 heteroatoms. The second kappa shape index (κ2) is 13.3. The summed E-state index contributed by atoms with van der Waals surface area (Å²) in [6, 6.07) is 68.4. The standard InChI is InChI=1S/C51H32N4S/c1-3-13-33(14-4-1)35-23-27-37(28-24-35)49-52-50(38-29-25-36(26-30-38)34-15-5-2-6-16-34)54-51(53-49)43-19-8-11-21-45(43)55-44-20-10-7-17-39(44)41-31-32-42-40-18-9-12-22-46(40)56-48(42)47(41)55/h1-32H. The number of aromatic nitrogens is 4. The van der Waals surface area contributed by atoms with Crippen LogP contribution in [0, 0.1) is 0 Å². The minimum Gasteiger partial charge on any atom is -0.307 e. The molecular weight excluding hydrogens is 701 g/mol. The van der Waals surface area contributed by atoms with Crippen molar-refractivity contribution in [3.05, 3.63) is 194 Å². The molecule has 56 heavy (non-hydrogen) atoms. The molecule has 0 radical (unpaired) electrons. The summed E-state index contributed by atoms with van der Waals surface area (Å²) in [5.74, 6) is 1.87. The molecule has 3 heterocycles. The molecule has 0 atom stereocenters. The third-order valence-corrected chi connectivity index (χ3v) is 11.9. The molecule has 0 fully saturated rings. The molecule has 0 spiro atoms. The van der Waals surface area contributed by atoms with Crippen LogP contribution in [0.5, 0.6) is 0 Å². The Bertz CT molecular complexity index is 3120. The predicted octanol–water partition coefficient (Wildman–Crippen LogP) is 13.7. The van der Waals surface area contributed by atoms with Crippen molar-refractivity contribution in [2.45, 2.75) is 0 Å². The van der Waals surface area contributed by atoms with Crippen molar-refractivity contribution in [1.82, 2.24) is 19.5 Å². The van der Waals surface area contributed by atoms with Crippen LogP contribution in [0.2, 0.25) is 0 Å². The predicted molar refractivity (Wildman–Crippen MR) is 234 cm³/mol. The lowest BCUT2D eigenvalue weighted by atomic mass is 10.0. The molecule has 0 saturated heterocycles. The average molecular weight is 733 g/mol. The van der Waals surface area contributed by atoms with Gasteiger partial charge in [0.05, 0.1) is 21.4 Å². The van der Waals surface area contributed by atoms with Gasteiger partial charge >= 0.3 is 0 Å². The van der Waals surface area contributed by atoms with Crippen molar-refractivity contribution >= 4 is 53.3 Å². The molecule has 0 amide bonds. The van der Waals surface area contributed by atoms with Gasteiger partial charge in [0, 0.05) is 42.9 Å². The van der Waals surface area contributed by atoms with Crippen molar-refractivity contribution in [1.29, 1.82) is 0 Å². The zero-order valence-corrected chi connectivity index (χ0v) is 31.0. The van der Waals surface area contributed by atoms with Crippen LogP contribution in [0.1, 0.15) is 0 Å². The van der Waals surface area contributed by atoms with E-state index in [1.807, 2.05) is 23.5 Å². The summed E-state index contributed by atoms with van der Waals surface area (Å²) in [5, 5.41) is 4.99. The van der Waals surface area contributed by atoms with E-state index in [1.54, 1.807) is 0 Å². The van der Waals surface area contributed by atoms with Crippen LogP contribution in [0.15, 0.2) is 194 Å². The average Bonchev–Trinajstić information content (AvgIpc) is 3.83. The monoisotopic (exact) mass is 732 g/mol. The van der Waals surface area contributed by atoms with Crippen LogP contribution in [0.25, 0.3) is 104 Å². The number of para-hydroxylation sites is 2. The van der Waals surface area contributed by atoms with Crippen LogP contribution in [0.4, 0.5) is 0 Å². The van der Waals surface area contributed by atoms with Gasteiger partial charge in [-0.1, -0.05) is 170 Å². The first kappa shape index (κ1) is 32.2. The van der Waals surface area contributed by atoms with E-state index in [0.29, 0.717) is 17.5 Å². The van der Waals surface area contributed by atoms with Crippen LogP contribution in [-0.2, 0) is 0 Å². The zero-order valence-electron chi connectivity index (χ0n) is 30.2. The Morgan fingerprint density at radius 3 is 1.48 bits per heavy atom. The highest BCUT2D eigenvalue weighted by Crippen LogP contribution is 2.44. The summed E-state index contributed by atoms with van der Waals surface area (Å²) < 4.78 is 4.97. The maximum Gasteiger partial charge on any atom is 0.166 e. The lowest BCUT2D eigenvalue weighted by Crippen LogP contribution is -2.03. The first-order valence-electron chi connectivity index (χ1n) is 18.8. The maximum absolute atomic E-state index is 5.26. The Hall–Kier alpha value is -7.21. The molecule has 0 bridgehead atoms. The Morgan fingerprint density at radius 2 is 0.821 bits per heavy atom. The quantitative estimate of drug-likeness (QED) is 0.171. The summed E-state index contributed by atoms with van der Waals surface area (Å²) in [6.45, 7) is 0. The van der Waals surface area contributed by atoms with Crippen LogP contribution in [0.3, 0.4) is 0 Å². The fourth-order valence-corrected chi connectivity index (χ4v) is 9.22. The first-order chi connectivity index (χ1) is 27.8. The Morgan fingerprint density at radius 1 is 0.339 bits per heavy atom. The summed E-state index contributed by atoms with van der Waals surface area (Å²) >= 11 is 1.85. The SMILES string of the molecule is c1ccc(-c2ccc(-c3nc(-c4ccc(-c5ccccc5)cc4)nc(-c4ccccc4-n4c5ccccc5c5ccc6c7ccccc7sc6c54)n3)cc2)cc1. The molecule has 11 rings (SSSR count). The largest absolute Gasteiger partial charge is 0.307 e. The number of rotatable bonds is 6. The highest BCUT2D eigenvalue weighted by atomic mass is 32.1. The summed E-state index contributed by atoms with van der Waals surface area (Å²) in [7, 11) is 0. The van der Waals surface area contributed by atoms with Gasteiger partial charge in [-0.2, -0.15) is 0 Å². The second-order valence-corrected chi connectivity index (χ2v) is 15.1. The van der Waals surface area contributed by atoms with Gasteiger partial charge in [0.1, 0.15) is 0 Å². The highest BCUT2D eigenvalue weighted by molar-refractivity contribution is 7.26. The highest BCUT2D eigenvalue weighted by Gasteiger charge is 2.21. The molecule has 3 aromatic heterocycles. The summed E-state index contributed by atoms with van der Waals surface area (Å²) in [6.07, 6.45) is 0. The van der Waals surface area contributed by atoms with Gasteiger partial charge in [-0.15, -0.1) is 11.3 Å². The Kier molecular flexibility index (Phi) is 7.64. The molecule has 0 aliphatic carbocycles. The van der Waals surface area contributed by atoms with Crippen molar-refractivity contribution in [2.75, 3.05) is 0 Å². The van der Waals surface area contributed by atoms with Gasteiger partial charge in [0.25, 0.3) is 0 Å². The van der Waals surface area contributed by atoms with Crippen molar-refractivity contribution in [3.63, 3.8) is 0 Å². The van der Waals surface area contributed by atoms with E-state index in [1.165, 1.54) is 47.6 Å². The number of benzene rings is 8. The fraction of sp³-hybridized carbons (Fsp3) is 0. The third-order valence-electron chi connectivity index (χ3n) is 10.7. The molecule has 0 unspecified atom stereocenters. The number of hydrogen-bond acceptors (Lipinski definition) is 4. The van der Waals surface area contributed by atoms with E-state index in [9.17, 15) is 0 Å². The van der Waals surface area contributed by atoms with Crippen molar-refractivity contribution in [2.24, 2.45) is 0 Å². The summed E-state index contributed by atoms with van der Waals surface area (Å²) in [5.41, 5.74) is 10.8. The topological polar surface area (TPSA) is 43.6 Å². The smallest absolute Gasteiger partial charge is 0.166 e. The molecular formula is C51H32N4S. The van der Waals surface area contributed by atoms with Crippen LogP contribution < -0.4 is 0 Å². The lowest BCUT2D eigenvalue weighted by Gasteiger charge is -2.15. The number of hydrogen-bond donors (Lipinski definition) is 0. The molecule has 4 nitrogen and oxygen atoms in total. The number of fused-ring (bicyclic) bond motifs is 7. The van der Waals surface area contributed by atoms with Gasteiger partial charge in [-0.3, -0.25) is 0 Å². The van der Waals surface area contributed by atoms with Crippen molar-refractivity contribution < 1.29 is 0 Å². The van der Waals surface area contributed by atoms with E-state index in [2.05, 4.69) is 187 Å². The van der Waals surface area contributed by atoms with Gasteiger partial charge in [0.15, 0.2) is 17.5 Å². The molecule has 0 N–H and O–H groups in total. The molecule has 0 aliphatic heterocycles. The number of thiophene rings is 1. The Labute approximate surface area is 327 Å². The zero-order chi connectivity index (χ0) is 37.0. The maximum atomic E-state index is 5.26. The van der Waals surface area contributed by atoms with Crippen molar-refractivity contribution in [3.8, 4) is 62.1 Å². The minimum atomic E-state index is 0.620.